The van der Waals surface area contributed by atoms with E-state index < -0.39 is 0 Å². The van der Waals surface area contributed by atoms with E-state index >= 15 is 0 Å². The Balaban J connectivity index is 0.00000102. The first-order chi connectivity index (χ1) is 10.7. The molecule has 0 bridgehead atoms. The molecule has 0 saturated carbocycles. The van der Waals surface area contributed by atoms with Crippen molar-refractivity contribution in [3.8, 4) is 5.75 Å². The Bertz CT molecular complexity index is 521. The third-order valence-corrected chi connectivity index (χ3v) is 2.90. The average molecular weight is 302 g/mol. The summed E-state index contributed by atoms with van der Waals surface area (Å²) in [5.41, 5.74) is 4.16. The van der Waals surface area contributed by atoms with E-state index in [1.165, 1.54) is 5.56 Å². The highest BCUT2D eigenvalue weighted by Crippen LogP contribution is 2.22. The maximum absolute atomic E-state index is 9.78. The summed E-state index contributed by atoms with van der Waals surface area (Å²) in [6.45, 7) is 10.7. The molecule has 0 atom stereocenters. The van der Waals surface area contributed by atoms with Gasteiger partial charge in [-0.3, -0.25) is 0 Å². The molecule has 0 spiro atoms. The molecule has 0 radical (unpaired) electrons. The van der Waals surface area contributed by atoms with Crippen LogP contribution in [0.25, 0.3) is 0 Å². The molecule has 2 rings (SSSR count). The molecule has 0 amide bonds. The molecule has 3 N–H and O–H groups in total. The van der Waals surface area contributed by atoms with E-state index in [9.17, 15) is 5.11 Å². The number of phenolic OH excluding ortho intramolecular Hbond substituents is 1. The molecule has 3 heteroatoms. The van der Waals surface area contributed by atoms with E-state index in [0.717, 1.165) is 16.9 Å². The van der Waals surface area contributed by atoms with Gasteiger partial charge in [-0.1, -0.05) is 45.4 Å². The number of hydrogen-bond donors (Lipinski definition) is 3. The summed E-state index contributed by atoms with van der Waals surface area (Å²) in [7, 11) is 1.86. The molecule has 0 unspecified atom stereocenters. The lowest BCUT2D eigenvalue weighted by Crippen LogP contribution is -2.00. The standard InChI is InChI=1S/C15H18N2O.2C2H6/c1-11-3-5-13(6-4-11)17-10-12-9-14(16-2)7-8-15(12)18;2*1-2/h3-9,16-18H,10H2,1-2H3;2*1-2H3. The van der Waals surface area contributed by atoms with Gasteiger partial charge in [-0.25, -0.2) is 0 Å². The molecule has 0 saturated heterocycles. The highest BCUT2D eigenvalue weighted by atomic mass is 16.3. The van der Waals surface area contributed by atoms with Crippen molar-refractivity contribution in [3.63, 3.8) is 0 Å². The van der Waals surface area contributed by atoms with Crippen molar-refractivity contribution in [1.29, 1.82) is 0 Å². The SMILES string of the molecule is CC.CC.CNc1ccc(O)c(CNc2ccc(C)cc2)c1. The Morgan fingerprint density at radius 3 is 1.95 bits per heavy atom. The van der Waals surface area contributed by atoms with Crippen molar-refractivity contribution in [3.05, 3.63) is 53.6 Å². The molecule has 0 heterocycles. The average Bonchev–Trinajstić information content (AvgIpc) is 2.59. The fourth-order valence-electron chi connectivity index (χ4n) is 1.75. The molecular formula is C19H30N2O. The molecule has 3 nitrogen and oxygen atoms in total. The van der Waals surface area contributed by atoms with Gasteiger partial charge in [0.25, 0.3) is 0 Å². The van der Waals surface area contributed by atoms with Crippen LogP contribution in [0, 0.1) is 6.92 Å². The number of aryl methyl sites for hydroxylation is 1. The first-order valence-corrected chi connectivity index (χ1v) is 7.99. The summed E-state index contributed by atoms with van der Waals surface area (Å²) in [5.74, 6) is 0.314. The van der Waals surface area contributed by atoms with Crippen LogP contribution in [0.4, 0.5) is 11.4 Å². The molecule has 2 aromatic carbocycles. The van der Waals surface area contributed by atoms with Crippen LogP contribution in [0.15, 0.2) is 42.5 Å². The summed E-state index contributed by atoms with van der Waals surface area (Å²) < 4.78 is 0. The van der Waals surface area contributed by atoms with Crippen LogP contribution in [-0.2, 0) is 6.54 Å². The van der Waals surface area contributed by atoms with Gasteiger partial charge in [0.2, 0.25) is 0 Å². The molecule has 0 aliphatic carbocycles. The van der Waals surface area contributed by atoms with Crippen molar-refractivity contribution in [2.24, 2.45) is 0 Å². The predicted molar refractivity (Wildman–Crippen MR) is 98.9 cm³/mol. The Hall–Kier alpha value is -2.16. The molecular weight excluding hydrogens is 272 g/mol. The lowest BCUT2D eigenvalue weighted by atomic mass is 10.1. The van der Waals surface area contributed by atoms with Gasteiger partial charge in [-0.2, -0.15) is 0 Å². The number of nitrogens with one attached hydrogen (secondary N) is 2. The quantitative estimate of drug-likeness (QED) is 0.662. The van der Waals surface area contributed by atoms with E-state index in [4.69, 9.17) is 0 Å². The number of anilines is 2. The van der Waals surface area contributed by atoms with E-state index in [1.807, 2.05) is 59.0 Å². The fourth-order valence-corrected chi connectivity index (χ4v) is 1.75. The van der Waals surface area contributed by atoms with Crippen LogP contribution in [-0.4, -0.2) is 12.2 Å². The van der Waals surface area contributed by atoms with Crippen molar-refractivity contribution < 1.29 is 5.11 Å². The van der Waals surface area contributed by atoms with Gasteiger partial charge in [-0.15, -0.1) is 0 Å². The van der Waals surface area contributed by atoms with Crippen molar-refractivity contribution in [1.82, 2.24) is 0 Å². The Kier molecular flexibility index (Phi) is 10.4. The normalized spacial score (nSPS) is 8.82. The topological polar surface area (TPSA) is 44.3 Å². The van der Waals surface area contributed by atoms with Crippen molar-refractivity contribution in [2.75, 3.05) is 17.7 Å². The van der Waals surface area contributed by atoms with Crippen LogP contribution in [0.1, 0.15) is 38.8 Å². The zero-order valence-electron chi connectivity index (χ0n) is 14.7. The van der Waals surface area contributed by atoms with Gasteiger partial charge in [0, 0.05) is 30.5 Å². The molecule has 0 aromatic heterocycles. The van der Waals surface area contributed by atoms with Crippen LogP contribution in [0.5, 0.6) is 5.75 Å². The molecule has 0 fully saturated rings. The van der Waals surface area contributed by atoms with Gasteiger partial charge in [0.15, 0.2) is 0 Å². The van der Waals surface area contributed by atoms with E-state index in [0.29, 0.717) is 12.3 Å². The van der Waals surface area contributed by atoms with Gasteiger partial charge >= 0.3 is 0 Å². The number of hydrogen-bond acceptors (Lipinski definition) is 3. The number of phenols is 1. The number of aromatic hydroxyl groups is 1. The van der Waals surface area contributed by atoms with Crippen LogP contribution in [0.2, 0.25) is 0 Å². The summed E-state index contributed by atoms with van der Waals surface area (Å²) in [6.07, 6.45) is 0. The van der Waals surface area contributed by atoms with Gasteiger partial charge < -0.3 is 15.7 Å². The van der Waals surface area contributed by atoms with Gasteiger partial charge in [0.1, 0.15) is 5.75 Å². The second kappa shape index (κ2) is 11.5. The Morgan fingerprint density at radius 1 is 0.864 bits per heavy atom. The molecule has 2 aromatic rings. The minimum atomic E-state index is 0.314. The van der Waals surface area contributed by atoms with Crippen LogP contribution >= 0.6 is 0 Å². The maximum Gasteiger partial charge on any atom is 0.120 e. The smallest absolute Gasteiger partial charge is 0.120 e. The molecule has 122 valence electrons. The number of rotatable bonds is 4. The fraction of sp³-hybridized carbons (Fsp3) is 0.368. The minimum Gasteiger partial charge on any atom is -0.508 e. The lowest BCUT2D eigenvalue weighted by molar-refractivity contribution is 0.469. The Labute approximate surface area is 135 Å². The maximum atomic E-state index is 9.78. The summed E-state index contributed by atoms with van der Waals surface area (Å²) in [4.78, 5) is 0. The van der Waals surface area contributed by atoms with Crippen molar-refractivity contribution in [2.45, 2.75) is 41.2 Å². The van der Waals surface area contributed by atoms with Gasteiger partial charge in [-0.05, 0) is 37.3 Å². The largest absolute Gasteiger partial charge is 0.508 e. The third-order valence-electron chi connectivity index (χ3n) is 2.90. The zero-order chi connectivity index (χ0) is 17.0. The second-order valence-corrected chi connectivity index (χ2v) is 4.31. The van der Waals surface area contributed by atoms with E-state index in [-0.39, 0.29) is 0 Å². The van der Waals surface area contributed by atoms with Gasteiger partial charge in [0.05, 0.1) is 0 Å². The van der Waals surface area contributed by atoms with E-state index in [2.05, 4.69) is 29.7 Å². The van der Waals surface area contributed by atoms with Crippen molar-refractivity contribution >= 4 is 11.4 Å². The first kappa shape index (κ1) is 19.8. The van der Waals surface area contributed by atoms with Crippen LogP contribution < -0.4 is 10.6 Å². The molecule has 0 aliphatic heterocycles. The number of benzene rings is 2. The third kappa shape index (κ3) is 6.53. The van der Waals surface area contributed by atoms with E-state index in [1.54, 1.807) is 6.07 Å². The monoisotopic (exact) mass is 302 g/mol. The predicted octanol–water partition coefficient (Wildman–Crippen LogP) is 5.41. The Morgan fingerprint density at radius 2 is 1.41 bits per heavy atom. The highest BCUT2D eigenvalue weighted by molar-refractivity contribution is 5.52. The molecule has 22 heavy (non-hydrogen) atoms. The van der Waals surface area contributed by atoms with Crippen LogP contribution in [0.3, 0.4) is 0 Å². The second-order valence-electron chi connectivity index (χ2n) is 4.31. The lowest BCUT2D eigenvalue weighted by Gasteiger charge is -2.10. The summed E-state index contributed by atoms with van der Waals surface area (Å²) in [5, 5.41) is 16.1. The highest BCUT2D eigenvalue weighted by Gasteiger charge is 2.02. The first-order valence-electron chi connectivity index (χ1n) is 7.99. The zero-order valence-corrected chi connectivity index (χ0v) is 14.7. The molecule has 0 aliphatic rings. The summed E-state index contributed by atoms with van der Waals surface area (Å²) in [6, 6.07) is 13.7. The minimum absolute atomic E-state index is 0.314. The summed E-state index contributed by atoms with van der Waals surface area (Å²) >= 11 is 0.